The summed E-state index contributed by atoms with van der Waals surface area (Å²) in [4.78, 5) is 12.1. The second-order valence-corrected chi connectivity index (χ2v) is 7.88. The number of urea groups is 1. The van der Waals surface area contributed by atoms with Crippen molar-refractivity contribution in [1.82, 2.24) is 9.29 Å². The third-order valence-corrected chi connectivity index (χ3v) is 5.36. The summed E-state index contributed by atoms with van der Waals surface area (Å²) in [5.41, 5.74) is -0.114. The third-order valence-electron chi connectivity index (χ3n) is 4.01. The van der Waals surface area contributed by atoms with Gasteiger partial charge in [0.15, 0.2) is 0 Å². The molecule has 2 N–H and O–H groups in total. The van der Waals surface area contributed by atoms with Crippen LogP contribution in [-0.4, -0.2) is 19.0 Å². The minimum atomic E-state index is -4.63. The molecule has 10 heteroatoms. The highest BCUT2D eigenvalue weighted by Gasteiger charge is 2.31. The molecule has 0 aliphatic carbocycles. The lowest BCUT2D eigenvalue weighted by molar-refractivity contribution is -0.137. The molecule has 29 heavy (non-hydrogen) atoms. The maximum atomic E-state index is 13.1. The van der Waals surface area contributed by atoms with Crippen molar-refractivity contribution in [3.63, 3.8) is 0 Å². The van der Waals surface area contributed by atoms with E-state index < -0.39 is 27.8 Å². The molecule has 6 nitrogen and oxygen atoms in total. The summed E-state index contributed by atoms with van der Waals surface area (Å²) in [5.74, 6) is 0. The molecule has 152 valence electrons. The lowest BCUT2D eigenvalue weighted by atomic mass is 10.1. The van der Waals surface area contributed by atoms with Crippen molar-refractivity contribution in [1.29, 1.82) is 0 Å². The molecule has 0 saturated carbocycles. The summed E-state index contributed by atoms with van der Waals surface area (Å²) in [6, 6.07) is 10.7. The highest BCUT2D eigenvalue weighted by atomic mass is 32.2. The quantitative estimate of drug-likeness (QED) is 0.656. The van der Waals surface area contributed by atoms with Gasteiger partial charge in [0.1, 0.15) is 0 Å². The van der Waals surface area contributed by atoms with Crippen molar-refractivity contribution in [2.24, 2.45) is 0 Å². The van der Waals surface area contributed by atoms with Crippen molar-refractivity contribution >= 4 is 21.7 Å². The molecule has 0 spiro atoms. The maximum absolute atomic E-state index is 13.1. The Balaban J connectivity index is 1.89. The Morgan fingerprint density at radius 1 is 1.00 bits per heavy atom. The normalized spacial score (nSPS) is 11.9. The first-order valence-corrected chi connectivity index (χ1v) is 9.80. The fraction of sp³-hybridized carbons (Fsp3) is 0.105. The van der Waals surface area contributed by atoms with Gasteiger partial charge in [0.2, 0.25) is 0 Å². The van der Waals surface area contributed by atoms with E-state index in [1.807, 2.05) is 0 Å². The second-order valence-electron chi connectivity index (χ2n) is 6.19. The predicted molar refractivity (Wildman–Crippen MR) is 101 cm³/mol. The van der Waals surface area contributed by atoms with E-state index in [2.05, 4.69) is 5.32 Å². The highest BCUT2D eigenvalue weighted by Crippen LogP contribution is 2.33. The highest BCUT2D eigenvalue weighted by molar-refractivity contribution is 7.90. The van der Waals surface area contributed by atoms with Crippen LogP contribution in [-0.2, 0) is 16.2 Å². The van der Waals surface area contributed by atoms with Crippen LogP contribution in [0.2, 0.25) is 0 Å². The standard InChI is InChI=1S/C19H16F3N3O3S/c1-13-4-7-15(8-5-13)29(27,28)24-18(26)23-16-12-14(19(20,21)22)6-9-17(16)25-10-2-3-11-25/h2-12H,1H3,(H2,23,24,26). The van der Waals surface area contributed by atoms with E-state index in [-0.39, 0.29) is 16.3 Å². The fourth-order valence-corrected chi connectivity index (χ4v) is 3.49. The molecule has 0 unspecified atom stereocenters. The van der Waals surface area contributed by atoms with E-state index in [9.17, 15) is 26.4 Å². The van der Waals surface area contributed by atoms with Crippen LogP contribution in [0.15, 0.2) is 71.9 Å². The van der Waals surface area contributed by atoms with E-state index in [0.717, 1.165) is 17.7 Å². The fourth-order valence-electron chi connectivity index (χ4n) is 2.58. The molecule has 3 aromatic rings. The van der Waals surface area contributed by atoms with E-state index >= 15 is 0 Å². The molecule has 2 amide bonds. The van der Waals surface area contributed by atoms with Gasteiger partial charge in [0.05, 0.1) is 21.8 Å². The lowest BCUT2D eigenvalue weighted by Gasteiger charge is -2.16. The first-order valence-electron chi connectivity index (χ1n) is 8.31. The van der Waals surface area contributed by atoms with Gasteiger partial charge in [0, 0.05) is 12.4 Å². The zero-order chi connectivity index (χ0) is 21.2. The van der Waals surface area contributed by atoms with Gasteiger partial charge in [-0.2, -0.15) is 13.2 Å². The molecular formula is C19H16F3N3O3S. The van der Waals surface area contributed by atoms with Gasteiger partial charge in [0.25, 0.3) is 10.0 Å². The Kier molecular flexibility index (Phi) is 5.38. The molecule has 0 fully saturated rings. The molecule has 1 heterocycles. The number of hydrogen-bond donors (Lipinski definition) is 2. The molecule has 0 aliphatic heterocycles. The van der Waals surface area contributed by atoms with Gasteiger partial charge in [-0.25, -0.2) is 17.9 Å². The Morgan fingerprint density at radius 2 is 1.62 bits per heavy atom. The maximum Gasteiger partial charge on any atom is 0.416 e. The smallest absolute Gasteiger partial charge is 0.322 e. The van der Waals surface area contributed by atoms with E-state index in [1.54, 1.807) is 48.3 Å². The molecule has 2 aromatic carbocycles. The molecule has 1 aromatic heterocycles. The monoisotopic (exact) mass is 423 g/mol. The van der Waals surface area contributed by atoms with Gasteiger partial charge in [-0.1, -0.05) is 17.7 Å². The molecule has 0 radical (unpaired) electrons. The first kappa shape index (κ1) is 20.5. The van der Waals surface area contributed by atoms with Crippen molar-refractivity contribution in [3.05, 3.63) is 78.1 Å². The average Bonchev–Trinajstić information content (AvgIpc) is 3.15. The molecule has 0 aliphatic rings. The largest absolute Gasteiger partial charge is 0.416 e. The minimum Gasteiger partial charge on any atom is -0.322 e. The number of nitrogens with one attached hydrogen (secondary N) is 2. The van der Waals surface area contributed by atoms with Crippen LogP contribution >= 0.6 is 0 Å². The molecule has 0 saturated heterocycles. The van der Waals surface area contributed by atoms with Crippen LogP contribution in [0.4, 0.5) is 23.7 Å². The Labute approximate surface area is 165 Å². The number of carbonyl (C=O) groups excluding carboxylic acids is 1. The summed E-state index contributed by atoms with van der Waals surface area (Å²) in [5, 5.41) is 2.20. The minimum absolute atomic E-state index is 0.145. The number of nitrogens with zero attached hydrogens (tertiary/aromatic N) is 1. The number of amides is 2. The van der Waals surface area contributed by atoms with E-state index in [4.69, 9.17) is 0 Å². The topological polar surface area (TPSA) is 80.2 Å². The number of halogens is 3. The number of aryl methyl sites for hydroxylation is 1. The predicted octanol–water partition coefficient (Wildman–Crippen LogP) is 4.31. The Hall–Kier alpha value is -3.27. The summed E-state index contributed by atoms with van der Waals surface area (Å²) in [7, 11) is -4.19. The van der Waals surface area contributed by atoms with Gasteiger partial charge in [-0.05, 0) is 49.4 Å². The zero-order valence-corrected chi connectivity index (χ0v) is 15.9. The number of benzene rings is 2. The molecule has 3 rings (SSSR count). The average molecular weight is 423 g/mol. The van der Waals surface area contributed by atoms with Crippen LogP contribution in [0.5, 0.6) is 0 Å². The second kappa shape index (κ2) is 7.63. The summed E-state index contributed by atoms with van der Waals surface area (Å²) in [6.07, 6.45) is -1.47. The third kappa shape index (κ3) is 4.77. The van der Waals surface area contributed by atoms with Crippen LogP contribution in [0.1, 0.15) is 11.1 Å². The zero-order valence-electron chi connectivity index (χ0n) is 15.1. The number of aromatic nitrogens is 1. The SMILES string of the molecule is Cc1ccc(S(=O)(=O)NC(=O)Nc2cc(C(F)(F)F)ccc2-n2cccc2)cc1. The van der Waals surface area contributed by atoms with Gasteiger partial charge in [-0.3, -0.25) is 0 Å². The Bertz CT molecular complexity index is 1120. The van der Waals surface area contributed by atoms with Crippen molar-refractivity contribution in [3.8, 4) is 5.69 Å². The van der Waals surface area contributed by atoms with Crippen molar-refractivity contribution < 1.29 is 26.4 Å². The van der Waals surface area contributed by atoms with E-state index in [0.29, 0.717) is 0 Å². The number of rotatable bonds is 4. The molecular weight excluding hydrogens is 407 g/mol. The van der Waals surface area contributed by atoms with Crippen molar-refractivity contribution in [2.75, 3.05) is 5.32 Å². The van der Waals surface area contributed by atoms with Crippen LogP contribution < -0.4 is 10.0 Å². The van der Waals surface area contributed by atoms with E-state index in [1.165, 1.54) is 22.8 Å². The van der Waals surface area contributed by atoms with Crippen LogP contribution in [0, 0.1) is 6.92 Å². The van der Waals surface area contributed by atoms with Gasteiger partial charge >= 0.3 is 12.2 Å². The first-order chi connectivity index (χ1) is 13.6. The van der Waals surface area contributed by atoms with Gasteiger partial charge in [-0.15, -0.1) is 0 Å². The van der Waals surface area contributed by atoms with Crippen molar-refractivity contribution in [2.45, 2.75) is 18.0 Å². The number of sulfonamides is 1. The molecule has 0 bridgehead atoms. The number of carbonyl (C=O) groups is 1. The number of anilines is 1. The van der Waals surface area contributed by atoms with Crippen LogP contribution in [0.3, 0.4) is 0 Å². The van der Waals surface area contributed by atoms with Gasteiger partial charge < -0.3 is 9.88 Å². The summed E-state index contributed by atoms with van der Waals surface area (Å²) >= 11 is 0. The summed E-state index contributed by atoms with van der Waals surface area (Å²) in [6.45, 7) is 1.77. The molecule has 0 atom stereocenters. The summed E-state index contributed by atoms with van der Waals surface area (Å²) < 4.78 is 67.2. The number of alkyl halides is 3. The van der Waals surface area contributed by atoms with Crippen LogP contribution in [0.25, 0.3) is 5.69 Å². The number of hydrogen-bond acceptors (Lipinski definition) is 3. The lowest BCUT2D eigenvalue weighted by Crippen LogP contribution is -2.34. The Morgan fingerprint density at radius 3 is 2.21 bits per heavy atom.